The van der Waals surface area contributed by atoms with Gasteiger partial charge in [0.05, 0.1) is 7.11 Å². The molecule has 1 atom stereocenters. The number of nitrogens with zero attached hydrogens (tertiary/aromatic N) is 1. The lowest BCUT2D eigenvalue weighted by molar-refractivity contribution is -0.168. The summed E-state index contributed by atoms with van der Waals surface area (Å²) in [6, 6.07) is 0. The first-order valence-electron chi connectivity index (χ1n) is 3.46. The number of carbonyl (C=O) groups excluding carboxylic acids is 1. The van der Waals surface area contributed by atoms with E-state index in [9.17, 15) is 4.79 Å². The summed E-state index contributed by atoms with van der Waals surface area (Å²) < 4.78 is 0. The number of halogens is 1. The van der Waals surface area contributed by atoms with E-state index in [1.54, 1.807) is 7.05 Å². The Morgan fingerprint density at radius 1 is 1.55 bits per heavy atom. The number of amides is 1. The zero-order chi connectivity index (χ0) is 9.02. The third-order valence-electron chi connectivity index (χ3n) is 1.41. The molecule has 0 saturated carbocycles. The molecular formula is C7H14ClNO2. The largest absolute Gasteiger partial charge is 0.275 e. The van der Waals surface area contributed by atoms with Gasteiger partial charge in [-0.2, -0.15) is 0 Å². The summed E-state index contributed by atoms with van der Waals surface area (Å²) in [6.07, 6.45) is 0. The van der Waals surface area contributed by atoms with Crippen molar-refractivity contribution >= 4 is 17.5 Å². The van der Waals surface area contributed by atoms with E-state index in [0.29, 0.717) is 0 Å². The molecule has 0 aliphatic carbocycles. The van der Waals surface area contributed by atoms with Crippen molar-refractivity contribution in [1.82, 2.24) is 5.06 Å². The van der Waals surface area contributed by atoms with Gasteiger partial charge in [0.25, 0.3) is 5.91 Å². The summed E-state index contributed by atoms with van der Waals surface area (Å²) in [6.45, 7) is 3.78. The first-order chi connectivity index (χ1) is 5.00. The van der Waals surface area contributed by atoms with Crippen molar-refractivity contribution in [2.45, 2.75) is 19.2 Å². The van der Waals surface area contributed by atoms with Crippen LogP contribution < -0.4 is 0 Å². The van der Waals surface area contributed by atoms with Gasteiger partial charge in [-0.1, -0.05) is 13.8 Å². The van der Waals surface area contributed by atoms with Gasteiger partial charge < -0.3 is 0 Å². The molecule has 0 spiro atoms. The van der Waals surface area contributed by atoms with Crippen molar-refractivity contribution in [2.24, 2.45) is 5.92 Å². The van der Waals surface area contributed by atoms with E-state index in [0.717, 1.165) is 5.06 Å². The number of carbonyl (C=O) groups is 1. The van der Waals surface area contributed by atoms with Crippen molar-refractivity contribution in [3.63, 3.8) is 0 Å². The Balaban J connectivity index is 4.02. The van der Waals surface area contributed by atoms with E-state index in [2.05, 4.69) is 4.84 Å². The van der Waals surface area contributed by atoms with E-state index in [1.807, 2.05) is 13.8 Å². The lowest BCUT2D eigenvalue weighted by atomic mass is 10.1. The maximum Gasteiger partial charge on any atom is 0.264 e. The molecule has 0 aromatic rings. The molecule has 11 heavy (non-hydrogen) atoms. The van der Waals surface area contributed by atoms with Crippen molar-refractivity contribution in [3.05, 3.63) is 0 Å². The van der Waals surface area contributed by atoms with Gasteiger partial charge in [0.1, 0.15) is 5.38 Å². The lowest BCUT2D eigenvalue weighted by Crippen LogP contribution is -2.35. The normalized spacial score (nSPS) is 13.3. The van der Waals surface area contributed by atoms with Crippen LogP contribution in [0.4, 0.5) is 0 Å². The predicted octanol–water partition coefficient (Wildman–Crippen LogP) is 1.27. The average Bonchev–Trinajstić information content (AvgIpc) is 2.00. The Morgan fingerprint density at radius 3 is 2.27 bits per heavy atom. The highest BCUT2D eigenvalue weighted by atomic mass is 35.5. The third kappa shape index (κ3) is 3.08. The van der Waals surface area contributed by atoms with Crippen LogP contribution in [-0.2, 0) is 9.63 Å². The summed E-state index contributed by atoms with van der Waals surface area (Å²) in [5.41, 5.74) is 0. The van der Waals surface area contributed by atoms with E-state index < -0.39 is 5.38 Å². The van der Waals surface area contributed by atoms with Crippen LogP contribution >= 0.6 is 11.6 Å². The fraction of sp³-hybridized carbons (Fsp3) is 0.857. The average molecular weight is 180 g/mol. The van der Waals surface area contributed by atoms with Crippen LogP contribution in [0.15, 0.2) is 0 Å². The highest BCUT2D eigenvalue weighted by Gasteiger charge is 2.22. The van der Waals surface area contributed by atoms with Crippen LogP contribution in [-0.4, -0.2) is 30.5 Å². The van der Waals surface area contributed by atoms with Crippen LogP contribution in [0.5, 0.6) is 0 Å². The topological polar surface area (TPSA) is 29.5 Å². The second kappa shape index (κ2) is 4.57. The van der Waals surface area contributed by atoms with Crippen LogP contribution in [0.2, 0.25) is 0 Å². The third-order valence-corrected chi connectivity index (χ3v) is 2.10. The maximum absolute atomic E-state index is 11.2. The molecule has 0 aliphatic rings. The molecule has 0 heterocycles. The number of alkyl halides is 1. The Kier molecular flexibility index (Phi) is 4.45. The molecule has 3 nitrogen and oxygen atoms in total. The Bertz CT molecular complexity index is 138. The summed E-state index contributed by atoms with van der Waals surface area (Å²) in [5.74, 6) is -0.0778. The molecule has 4 heteroatoms. The van der Waals surface area contributed by atoms with Crippen LogP contribution in [0, 0.1) is 5.92 Å². The minimum atomic E-state index is -0.500. The van der Waals surface area contributed by atoms with Crippen molar-refractivity contribution in [3.8, 4) is 0 Å². The highest BCUT2D eigenvalue weighted by molar-refractivity contribution is 6.30. The second-order valence-electron chi connectivity index (χ2n) is 2.66. The monoisotopic (exact) mass is 179 g/mol. The lowest BCUT2D eigenvalue weighted by Gasteiger charge is -2.19. The minimum absolute atomic E-state index is 0.127. The molecule has 1 amide bonds. The number of hydrogen-bond donors (Lipinski definition) is 0. The second-order valence-corrected chi connectivity index (χ2v) is 3.13. The van der Waals surface area contributed by atoms with E-state index in [4.69, 9.17) is 11.6 Å². The van der Waals surface area contributed by atoms with Gasteiger partial charge in [-0.05, 0) is 5.92 Å². The van der Waals surface area contributed by atoms with E-state index in [1.165, 1.54) is 7.11 Å². The van der Waals surface area contributed by atoms with E-state index >= 15 is 0 Å². The fourth-order valence-corrected chi connectivity index (χ4v) is 0.686. The molecule has 66 valence electrons. The van der Waals surface area contributed by atoms with Crippen LogP contribution in [0.1, 0.15) is 13.8 Å². The summed E-state index contributed by atoms with van der Waals surface area (Å²) in [7, 11) is 2.97. The van der Waals surface area contributed by atoms with Gasteiger partial charge in [0.15, 0.2) is 0 Å². The first-order valence-corrected chi connectivity index (χ1v) is 3.90. The molecule has 0 saturated heterocycles. The molecular weight excluding hydrogens is 166 g/mol. The Morgan fingerprint density at radius 2 is 2.00 bits per heavy atom. The molecule has 0 aliphatic heterocycles. The highest BCUT2D eigenvalue weighted by Crippen LogP contribution is 2.11. The maximum atomic E-state index is 11.2. The molecule has 0 unspecified atom stereocenters. The van der Waals surface area contributed by atoms with Gasteiger partial charge in [0, 0.05) is 7.05 Å². The summed E-state index contributed by atoms with van der Waals surface area (Å²) >= 11 is 5.77. The Labute approximate surface area is 72.2 Å². The number of rotatable bonds is 3. The summed E-state index contributed by atoms with van der Waals surface area (Å²) in [5, 5.41) is 0.637. The van der Waals surface area contributed by atoms with Crippen molar-refractivity contribution in [2.75, 3.05) is 14.2 Å². The Hall–Kier alpha value is -0.280. The van der Waals surface area contributed by atoms with Gasteiger partial charge in [0.2, 0.25) is 0 Å². The zero-order valence-corrected chi connectivity index (χ0v) is 8.05. The molecule has 0 N–H and O–H groups in total. The fourth-order valence-electron chi connectivity index (χ4n) is 0.549. The van der Waals surface area contributed by atoms with Crippen LogP contribution in [0.3, 0.4) is 0 Å². The van der Waals surface area contributed by atoms with Crippen LogP contribution in [0.25, 0.3) is 0 Å². The quantitative estimate of drug-likeness (QED) is 0.483. The van der Waals surface area contributed by atoms with Gasteiger partial charge in [-0.25, -0.2) is 5.06 Å². The van der Waals surface area contributed by atoms with E-state index in [-0.39, 0.29) is 11.8 Å². The molecule has 0 fully saturated rings. The zero-order valence-electron chi connectivity index (χ0n) is 7.30. The number of hydroxylamine groups is 2. The van der Waals surface area contributed by atoms with Crippen molar-refractivity contribution < 1.29 is 9.63 Å². The molecule has 0 aromatic carbocycles. The minimum Gasteiger partial charge on any atom is -0.275 e. The number of hydrogen-bond acceptors (Lipinski definition) is 2. The first kappa shape index (κ1) is 10.7. The molecule has 0 radical (unpaired) electrons. The van der Waals surface area contributed by atoms with Crippen molar-refractivity contribution in [1.29, 1.82) is 0 Å². The van der Waals surface area contributed by atoms with Gasteiger partial charge in [-0.3, -0.25) is 9.63 Å². The molecule has 0 aromatic heterocycles. The molecule has 0 bridgehead atoms. The van der Waals surface area contributed by atoms with Gasteiger partial charge in [-0.15, -0.1) is 11.6 Å². The van der Waals surface area contributed by atoms with Gasteiger partial charge >= 0.3 is 0 Å². The smallest absolute Gasteiger partial charge is 0.264 e. The molecule has 0 rings (SSSR count). The standard InChI is InChI=1S/C7H14ClNO2/c1-5(2)6(8)7(10)9(3)11-4/h5-6H,1-4H3/t6-/m0/s1. The predicted molar refractivity (Wildman–Crippen MR) is 44.3 cm³/mol. The summed E-state index contributed by atoms with van der Waals surface area (Å²) in [4.78, 5) is 15.9. The SMILES string of the molecule is CON(C)C(=O)[C@@H](Cl)C(C)C.